The first-order valence-electron chi connectivity index (χ1n) is 14.5. The first-order chi connectivity index (χ1) is 19.8. The standard InChI is InChI=1S/C31H38FN5O2S2/c1-4-6-7-8-9-10-15-37-30(39)27(41-31(37)40)20-25-22(3)26(21-33)29(38)36(5-2)28(25)35-18-16-34(17-19-35)24-13-11-23(32)12-14-24/h11-14,20H,4-10,15-19H2,1-3H3/b27-20-. The predicted octanol–water partition coefficient (Wildman–Crippen LogP) is 6.08. The minimum Gasteiger partial charge on any atom is -0.368 e. The minimum atomic E-state index is -0.323. The highest BCUT2D eigenvalue weighted by molar-refractivity contribution is 8.26. The van der Waals surface area contributed by atoms with Crippen LogP contribution in [-0.4, -0.2) is 52.4 Å². The van der Waals surface area contributed by atoms with Gasteiger partial charge in [-0.3, -0.25) is 19.1 Å². The van der Waals surface area contributed by atoms with Gasteiger partial charge in [-0.25, -0.2) is 4.39 Å². The predicted molar refractivity (Wildman–Crippen MR) is 170 cm³/mol. The Kier molecular flexibility index (Phi) is 10.6. The van der Waals surface area contributed by atoms with E-state index in [0.717, 1.165) is 24.9 Å². The number of hydrogen-bond donors (Lipinski definition) is 0. The molecule has 0 N–H and O–H groups in total. The molecule has 2 aliphatic rings. The SMILES string of the molecule is CCCCCCCCN1C(=O)/C(=C/c2c(C)c(C#N)c(=O)n(CC)c2N2CCN(c3ccc(F)cc3)CC2)SC1=S. The summed E-state index contributed by atoms with van der Waals surface area (Å²) in [5, 5.41) is 9.86. The number of rotatable bonds is 11. The van der Waals surface area contributed by atoms with Crippen molar-refractivity contribution < 1.29 is 9.18 Å². The molecule has 2 aromatic rings. The molecule has 0 unspecified atom stereocenters. The second-order valence-corrected chi connectivity index (χ2v) is 12.1. The normalized spacial score (nSPS) is 16.7. The number of carbonyl (C=O) groups excluding carboxylic acids is 1. The Morgan fingerprint density at radius 3 is 2.27 bits per heavy atom. The molecule has 2 saturated heterocycles. The van der Waals surface area contributed by atoms with E-state index in [4.69, 9.17) is 12.2 Å². The van der Waals surface area contributed by atoms with Crippen LogP contribution in [0.5, 0.6) is 0 Å². The number of unbranched alkanes of at least 4 members (excludes halogenated alkanes) is 5. The van der Waals surface area contributed by atoms with E-state index in [0.29, 0.717) is 65.4 Å². The van der Waals surface area contributed by atoms with Crippen LogP contribution < -0.4 is 15.4 Å². The van der Waals surface area contributed by atoms with Gasteiger partial charge >= 0.3 is 0 Å². The van der Waals surface area contributed by atoms with Crippen LogP contribution in [0.3, 0.4) is 0 Å². The van der Waals surface area contributed by atoms with Crippen LogP contribution in [-0.2, 0) is 11.3 Å². The fourth-order valence-corrected chi connectivity index (χ4v) is 6.77. The van der Waals surface area contributed by atoms with Crippen LogP contribution in [0.4, 0.5) is 15.9 Å². The highest BCUT2D eigenvalue weighted by atomic mass is 32.2. The molecule has 7 nitrogen and oxygen atoms in total. The van der Waals surface area contributed by atoms with Crippen molar-refractivity contribution in [2.45, 2.75) is 65.8 Å². The molecule has 0 bridgehead atoms. The van der Waals surface area contributed by atoms with E-state index < -0.39 is 0 Å². The van der Waals surface area contributed by atoms with Gasteiger partial charge in [-0.1, -0.05) is 63.0 Å². The van der Waals surface area contributed by atoms with Gasteiger partial charge in [0.05, 0.1) is 4.91 Å². The first-order valence-corrected chi connectivity index (χ1v) is 15.7. The van der Waals surface area contributed by atoms with E-state index in [9.17, 15) is 19.2 Å². The number of benzene rings is 1. The monoisotopic (exact) mass is 595 g/mol. The zero-order chi connectivity index (χ0) is 29.5. The smallest absolute Gasteiger partial charge is 0.270 e. The zero-order valence-corrected chi connectivity index (χ0v) is 25.8. The summed E-state index contributed by atoms with van der Waals surface area (Å²) < 4.78 is 15.6. The second-order valence-electron chi connectivity index (χ2n) is 10.5. The van der Waals surface area contributed by atoms with Crippen LogP contribution in [0, 0.1) is 24.1 Å². The van der Waals surface area contributed by atoms with Crippen molar-refractivity contribution in [2.75, 3.05) is 42.5 Å². The maximum absolute atomic E-state index is 13.5. The van der Waals surface area contributed by atoms with Crippen molar-refractivity contribution in [3.8, 4) is 6.07 Å². The van der Waals surface area contributed by atoms with Crippen molar-refractivity contribution in [2.24, 2.45) is 0 Å². The van der Waals surface area contributed by atoms with Gasteiger partial charge in [0.15, 0.2) is 0 Å². The molecule has 1 aromatic heterocycles. The lowest BCUT2D eigenvalue weighted by atomic mass is 10.0. The van der Waals surface area contributed by atoms with E-state index in [1.165, 1.54) is 43.2 Å². The number of halogens is 1. The molecule has 3 heterocycles. The van der Waals surface area contributed by atoms with Crippen molar-refractivity contribution in [1.82, 2.24) is 9.47 Å². The molecule has 0 atom stereocenters. The molecule has 4 rings (SSSR count). The van der Waals surface area contributed by atoms with E-state index >= 15 is 0 Å². The Bertz CT molecular complexity index is 1410. The molecule has 1 aromatic carbocycles. The molecule has 1 amide bonds. The Balaban J connectivity index is 1.62. The van der Waals surface area contributed by atoms with Crippen LogP contribution in [0.25, 0.3) is 6.08 Å². The molecular formula is C31H38FN5O2S2. The Morgan fingerprint density at radius 2 is 1.63 bits per heavy atom. The number of nitrogens with zero attached hydrogens (tertiary/aromatic N) is 5. The number of thiocarbonyl (C=S) groups is 1. The Morgan fingerprint density at radius 1 is 1.00 bits per heavy atom. The largest absolute Gasteiger partial charge is 0.368 e. The number of piperazine rings is 1. The maximum Gasteiger partial charge on any atom is 0.270 e. The lowest BCUT2D eigenvalue weighted by Crippen LogP contribution is -2.48. The molecule has 10 heteroatoms. The third-order valence-electron chi connectivity index (χ3n) is 7.82. The Labute approximate surface area is 251 Å². The number of pyridine rings is 1. The van der Waals surface area contributed by atoms with Crippen LogP contribution in [0.15, 0.2) is 34.0 Å². The molecular weight excluding hydrogens is 558 g/mol. The number of carbonyl (C=O) groups is 1. The van der Waals surface area contributed by atoms with Crippen LogP contribution >= 0.6 is 24.0 Å². The number of aromatic nitrogens is 1. The molecule has 0 spiro atoms. The van der Waals surface area contributed by atoms with Crippen LogP contribution in [0.2, 0.25) is 0 Å². The molecule has 0 aliphatic carbocycles. The van der Waals surface area contributed by atoms with Gasteiger partial charge in [-0.15, -0.1) is 0 Å². The average Bonchev–Trinajstić information content (AvgIpc) is 3.24. The third-order valence-corrected chi connectivity index (χ3v) is 9.20. The van der Waals surface area contributed by atoms with Crippen molar-refractivity contribution in [1.29, 1.82) is 5.26 Å². The summed E-state index contributed by atoms with van der Waals surface area (Å²) in [5.41, 5.74) is 1.99. The third kappa shape index (κ3) is 6.84. The summed E-state index contributed by atoms with van der Waals surface area (Å²) in [6.07, 6.45) is 8.60. The maximum atomic E-state index is 13.5. The molecule has 2 fully saturated rings. The fourth-order valence-electron chi connectivity index (χ4n) is 5.48. The van der Waals surface area contributed by atoms with Crippen molar-refractivity contribution in [3.63, 3.8) is 0 Å². The summed E-state index contributed by atoms with van der Waals surface area (Å²) >= 11 is 6.87. The van der Waals surface area contributed by atoms with E-state index in [1.807, 2.05) is 13.0 Å². The van der Waals surface area contributed by atoms with E-state index in [2.05, 4.69) is 22.8 Å². The van der Waals surface area contributed by atoms with Crippen molar-refractivity contribution in [3.05, 3.63) is 62.0 Å². The summed E-state index contributed by atoms with van der Waals surface area (Å²) in [5.74, 6) is 0.330. The number of hydrogen-bond acceptors (Lipinski definition) is 7. The summed E-state index contributed by atoms with van der Waals surface area (Å²) in [6, 6.07) is 8.57. The van der Waals surface area contributed by atoms with Gasteiger partial charge in [-0.2, -0.15) is 5.26 Å². The molecule has 0 radical (unpaired) electrons. The number of anilines is 2. The van der Waals surface area contributed by atoms with Crippen LogP contribution in [0.1, 0.15) is 69.1 Å². The van der Waals surface area contributed by atoms with Crippen molar-refractivity contribution >= 4 is 51.8 Å². The first kappa shape index (κ1) is 30.8. The highest BCUT2D eigenvalue weighted by Crippen LogP contribution is 2.36. The summed E-state index contributed by atoms with van der Waals surface area (Å²) in [7, 11) is 0. The zero-order valence-electron chi connectivity index (χ0n) is 24.1. The topological polar surface area (TPSA) is 72.6 Å². The molecule has 0 saturated carbocycles. The van der Waals surface area contributed by atoms with Gasteiger partial charge in [0.2, 0.25) is 0 Å². The number of amides is 1. The number of nitriles is 1. The highest BCUT2D eigenvalue weighted by Gasteiger charge is 2.33. The van der Waals surface area contributed by atoms with Gasteiger partial charge < -0.3 is 9.80 Å². The van der Waals surface area contributed by atoms with E-state index in [-0.39, 0.29) is 22.8 Å². The molecule has 2 aliphatic heterocycles. The second kappa shape index (κ2) is 14.1. The lowest BCUT2D eigenvalue weighted by Gasteiger charge is -2.39. The summed E-state index contributed by atoms with van der Waals surface area (Å²) in [4.78, 5) is 33.3. The lowest BCUT2D eigenvalue weighted by molar-refractivity contribution is -0.122. The average molecular weight is 596 g/mol. The van der Waals surface area contributed by atoms with Gasteiger partial charge in [0.1, 0.15) is 27.6 Å². The summed E-state index contributed by atoms with van der Waals surface area (Å²) in [6.45, 7) is 9.47. The quantitative estimate of drug-likeness (QED) is 0.177. The minimum absolute atomic E-state index is 0.0920. The van der Waals surface area contributed by atoms with E-state index in [1.54, 1.807) is 28.5 Å². The molecule has 218 valence electrons. The molecule has 41 heavy (non-hydrogen) atoms. The Hall–Kier alpha value is -3.16. The fraction of sp³-hybridized carbons (Fsp3) is 0.484. The van der Waals surface area contributed by atoms with Gasteiger partial charge in [-0.05, 0) is 56.2 Å². The van der Waals surface area contributed by atoms with Gasteiger partial charge in [0, 0.05) is 50.5 Å². The van der Waals surface area contributed by atoms with Gasteiger partial charge in [0.25, 0.3) is 11.5 Å². The number of thioether (sulfide) groups is 1.